The molecule has 1 unspecified atom stereocenters. The van der Waals surface area contributed by atoms with E-state index in [2.05, 4.69) is 21.2 Å². The van der Waals surface area contributed by atoms with E-state index in [-0.39, 0.29) is 12.5 Å². The highest BCUT2D eigenvalue weighted by Gasteiger charge is 2.51. The summed E-state index contributed by atoms with van der Waals surface area (Å²) in [5, 5.41) is 2.72. The van der Waals surface area contributed by atoms with Gasteiger partial charge in [0.25, 0.3) is 5.91 Å². The summed E-state index contributed by atoms with van der Waals surface area (Å²) in [4.78, 5) is 26.6. The van der Waals surface area contributed by atoms with Crippen LogP contribution in [0, 0.1) is 6.92 Å². The van der Waals surface area contributed by atoms with Crippen molar-refractivity contribution in [1.82, 2.24) is 10.2 Å². The quantitative estimate of drug-likeness (QED) is 0.747. The van der Waals surface area contributed by atoms with Crippen molar-refractivity contribution in [2.45, 2.75) is 25.9 Å². The number of halogens is 1. The highest BCUT2D eigenvalue weighted by Crippen LogP contribution is 2.39. The summed E-state index contributed by atoms with van der Waals surface area (Å²) >= 11 is 3.46. The number of ether oxygens (including phenoxy) is 2. The molecule has 0 spiro atoms. The van der Waals surface area contributed by atoms with E-state index in [4.69, 9.17) is 13.9 Å². The van der Waals surface area contributed by atoms with Gasteiger partial charge in [0.2, 0.25) is 0 Å². The molecule has 0 bridgehead atoms. The van der Waals surface area contributed by atoms with E-state index in [1.807, 2.05) is 0 Å². The van der Waals surface area contributed by atoms with E-state index in [0.29, 0.717) is 33.1 Å². The Kier molecular flexibility index (Phi) is 4.70. The number of nitrogens with zero attached hydrogens (tertiary/aromatic N) is 1. The fourth-order valence-electron chi connectivity index (χ4n) is 2.93. The van der Waals surface area contributed by atoms with Crippen LogP contribution in [-0.2, 0) is 16.9 Å². The number of imide groups is 1. The van der Waals surface area contributed by atoms with Crippen molar-refractivity contribution in [2.24, 2.45) is 0 Å². The highest BCUT2D eigenvalue weighted by atomic mass is 79.9. The molecule has 2 aromatic rings. The molecule has 1 aromatic heterocycles. The second-order valence-corrected chi connectivity index (χ2v) is 6.92. The predicted octanol–water partition coefficient (Wildman–Crippen LogP) is 3.33. The normalized spacial score (nSPS) is 19.7. The van der Waals surface area contributed by atoms with Gasteiger partial charge in [-0.15, -0.1) is 0 Å². The standard InChI is InChI=1S/C18H19BrN2O5/c1-10-5-8-13(26-10)18(2)16(22)21(17(23)20-18)9-11-6-7-12(24-3)15(25-4)14(11)19/h5-8H,9H2,1-4H3,(H,20,23). The Morgan fingerprint density at radius 1 is 1.19 bits per heavy atom. The van der Waals surface area contributed by atoms with Gasteiger partial charge in [-0.25, -0.2) is 4.79 Å². The fourth-order valence-corrected chi connectivity index (χ4v) is 3.55. The molecule has 138 valence electrons. The Hall–Kier alpha value is -2.48. The molecule has 26 heavy (non-hydrogen) atoms. The molecule has 1 atom stereocenters. The number of furan rings is 1. The third-order valence-electron chi connectivity index (χ3n) is 4.40. The molecule has 1 aromatic carbocycles. The van der Waals surface area contributed by atoms with Gasteiger partial charge >= 0.3 is 6.03 Å². The first-order valence-electron chi connectivity index (χ1n) is 7.92. The summed E-state index contributed by atoms with van der Waals surface area (Å²) in [7, 11) is 3.06. The molecule has 1 saturated heterocycles. The minimum Gasteiger partial charge on any atom is -0.493 e. The van der Waals surface area contributed by atoms with Gasteiger partial charge in [0.05, 0.1) is 25.2 Å². The van der Waals surface area contributed by atoms with Gasteiger partial charge in [-0.2, -0.15) is 0 Å². The van der Waals surface area contributed by atoms with Gasteiger partial charge in [-0.3, -0.25) is 9.69 Å². The van der Waals surface area contributed by atoms with Crippen LogP contribution in [-0.4, -0.2) is 31.1 Å². The predicted molar refractivity (Wildman–Crippen MR) is 97.1 cm³/mol. The minimum atomic E-state index is -1.23. The van der Waals surface area contributed by atoms with Gasteiger partial charge in [-0.1, -0.05) is 6.07 Å². The lowest BCUT2D eigenvalue weighted by Crippen LogP contribution is -2.40. The number of urea groups is 1. The molecular formula is C18H19BrN2O5. The van der Waals surface area contributed by atoms with E-state index in [9.17, 15) is 9.59 Å². The molecule has 1 aliphatic rings. The van der Waals surface area contributed by atoms with E-state index in [0.717, 1.165) is 4.90 Å². The monoisotopic (exact) mass is 422 g/mol. The molecule has 7 nitrogen and oxygen atoms in total. The molecule has 2 heterocycles. The van der Waals surface area contributed by atoms with Crippen LogP contribution in [0.25, 0.3) is 0 Å². The molecule has 0 aliphatic carbocycles. The Morgan fingerprint density at radius 3 is 2.50 bits per heavy atom. The van der Waals surface area contributed by atoms with Crippen LogP contribution in [0.5, 0.6) is 11.5 Å². The lowest BCUT2D eigenvalue weighted by Gasteiger charge is -2.20. The first-order chi connectivity index (χ1) is 12.3. The zero-order chi connectivity index (χ0) is 19.1. The lowest BCUT2D eigenvalue weighted by atomic mass is 9.99. The van der Waals surface area contributed by atoms with Crippen molar-refractivity contribution in [1.29, 1.82) is 0 Å². The highest BCUT2D eigenvalue weighted by molar-refractivity contribution is 9.10. The van der Waals surface area contributed by atoms with E-state index in [1.54, 1.807) is 38.1 Å². The first-order valence-corrected chi connectivity index (χ1v) is 8.71. The number of rotatable bonds is 5. The van der Waals surface area contributed by atoms with Crippen LogP contribution >= 0.6 is 15.9 Å². The van der Waals surface area contributed by atoms with Crippen molar-refractivity contribution >= 4 is 27.9 Å². The smallest absolute Gasteiger partial charge is 0.325 e. The van der Waals surface area contributed by atoms with Gasteiger partial charge in [0, 0.05) is 0 Å². The van der Waals surface area contributed by atoms with Crippen molar-refractivity contribution in [3.8, 4) is 11.5 Å². The van der Waals surface area contributed by atoms with Crippen molar-refractivity contribution in [3.05, 3.63) is 45.8 Å². The Labute approximate surface area is 159 Å². The molecule has 3 rings (SSSR count). The minimum absolute atomic E-state index is 0.0842. The summed E-state index contributed by atoms with van der Waals surface area (Å²) < 4.78 is 16.8. The maximum absolute atomic E-state index is 13.0. The molecule has 8 heteroatoms. The summed E-state index contributed by atoms with van der Waals surface area (Å²) in [6.45, 7) is 3.50. The van der Waals surface area contributed by atoms with Crippen LogP contribution in [0.4, 0.5) is 4.79 Å². The average Bonchev–Trinajstić information content (AvgIpc) is 3.14. The second-order valence-electron chi connectivity index (χ2n) is 6.13. The van der Waals surface area contributed by atoms with E-state index >= 15 is 0 Å². The summed E-state index contributed by atoms with van der Waals surface area (Å²) in [5.74, 6) is 1.75. The van der Waals surface area contributed by atoms with Crippen molar-refractivity contribution in [3.63, 3.8) is 0 Å². The topological polar surface area (TPSA) is 81.0 Å². The maximum atomic E-state index is 13.0. The lowest BCUT2D eigenvalue weighted by molar-refractivity contribution is -0.132. The number of hydrogen-bond acceptors (Lipinski definition) is 5. The Balaban J connectivity index is 1.92. The zero-order valence-electron chi connectivity index (χ0n) is 14.9. The largest absolute Gasteiger partial charge is 0.493 e. The third-order valence-corrected chi connectivity index (χ3v) is 5.27. The number of carbonyl (C=O) groups excluding carboxylic acids is 2. The van der Waals surface area contributed by atoms with Crippen LogP contribution in [0.3, 0.4) is 0 Å². The SMILES string of the molecule is COc1ccc(CN2C(=O)NC(C)(c3ccc(C)o3)C2=O)c(Br)c1OC. The molecule has 3 amide bonds. The maximum Gasteiger partial charge on any atom is 0.325 e. The van der Waals surface area contributed by atoms with Gasteiger partial charge in [0.1, 0.15) is 11.5 Å². The Morgan fingerprint density at radius 2 is 1.92 bits per heavy atom. The van der Waals surface area contributed by atoms with Crippen LogP contribution in [0.15, 0.2) is 33.2 Å². The van der Waals surface area contributed by atoms with Crippen LogP contribution in [0.2, 0.25) is 0 Å². The Bertz CT molecular complexity index is 878. The molecule has 1 N–H and O–H groups in total. The third kappa shape index (κ3) is 2.84. The van der Waals surface area contributed by atoms with Crippen LogP contribution < -0.4 is 14.8 Å². The number of benzene rings is 1. The average molecular weight is 423 g/mol. The van der Waals surface area contributed by atoms with Crippen molar-refractivity contribution in [2.75, 3.05) is 14.2 Å². The number of amides is 3. The summed E-state index contributed by atoms with van der Waals surface area (Å²) in [5.41, 5.74) is -0.514. The number of hydrogen-bond donors (Lipinski definition) is 1. The van der Waals surface area contributed by atoms with Gasteiger partial charge < -0.3 is 19.2 Å². The molecule has 1 aliphatic heterocycles. The molecule has 0 radical (unpaired) electrons. The molecule has 0 saturated carbocycles. The van der Waals surface area contributed by atoms with Gasteiger partial charge in [0.15, 0.2) is 17.0 Å². The van der Waals surface area contributed by atoms with Gasteiger partial charge in [-0.05, 0) is 53.5 Å². The summed E-state index contributed by atoms with van der Waals surface area (Å²) in [6.07, 6.45) is 0. The second kappa shape index (κ2) is 6.68. The zero-order valence-corrected chi connectivity index (χ0v) is 16.5. The molecule has 1 fully saturated rings. The number of nitrogens with one attached hydrogen (secondary N) is 1. The number of aryl methyl sites for hydroxylation is 1. The first kappa shape index (κ1) is 18.3. The van der Waals surface area contributed by atoms with E-state index in [1.165, 1.54) is 14.2 Å². The summed E-state index contributed by atoms with van der Waals surface area (Å²) in [6, 6.07) is 6.48. The fraction of sp³-hybridized carbons (Fsp3) is 0.333. The van der Waals surface area contributed by atoms with E-state index < -0.39 is 11.6 Å². The number of carbonyl (C=O) groups is 2. The molecular weight excluding hydrogens is 404 g/mol. The number of methoxy groups -OCH3 is 2. The van der Waals surface area contributed by atoms with Crippen molar-refractivity contribution < 1.29 is 23.5 Å². The van der Waals surface area contributed by atoms with Crippen LogP contribution in [0.1, 0.15) is 24.0 Å².